The number of guanidine groups is 2. The maximum absolute atomic E-state index is 11.9. The van der Waals surface area contributed by atoms with E-state index < -0.39 is 5.97 Å². The number of rotatable bonds is 5. The van der Waals surface area contributed by atoms with Crippen molar-refractivity contribution in [3.63, 3.8) is 0 Å². The summed E-state index contributed by atoms with van der Waals surface area (Å²) in [6, 6.07) is 12.7. The quantitative estimate of drug-likeness (QED) is 0.266. The van der Waals surface area contributed by atoms with Gasteiger partial charge >= 0.3 is 5.97 Å². The molecule has 0 amide bonds. The number of methoxy groups -OCH3 is 1. The summed E-state index contributed by atoms with van der Waals surface area (Å²) in [7, 11) is 1.31. The molecule has 0 spiro atoms. The summed E-state index contributed by atoms with van der Waals surface area (Å²) in [6.45, 7) is 0.284. The number of aliphatic imine (C=N–C) groups is 2. The van der Waals surface area contributed by atoms with Crippen molar-refractivity contribution in [2.45, 2.75) is 6.61 Å². The molecule has 0 atom stereocenters. The molecule has 0 aliphatic rings. The molecule has 0 aromatic heterocycles. The monoisotopic (exact) mass is 467 g/mol. The Morgan fingerprint density at radius 3 is 2.46 bits per heavy atom. The molecule has 6 N–H and O–H groups in total. The molecule has 0 aliphatic carbocycles. The maximum atomic E-state index is 11.9. The van der Waals surface area contributed by atoms with Gasteiger partial charge < -0.3 is 26.7 Å². The third-order valence-electron chi connectivity index (χ3n) is 3.16. The van der Waals surface area contributed by atoms with E-state index in [9.17, 15) is 4.79 Å². The number of esters is 1. The van der Waals surface area contributed by atoms with Crippen molar-refractivity contribution in [1.29, 1.82) is 0 Å². The average Bonchev–Trinajstić information content (AvgIpc) is 2.61. The molecule has 136 valence electrons. The van der Waals surface area contributed by atoms with E-state index in [0.29, 0.717) is 20.6 Å². The first-order valence-electron chi connectivity index (χ1n) is 7.43. The smallest absolute Gasteiger partial charge is 0.338 e. The van der Waals surface area contributed by atoms with Gasteiger partial charge in [0.1, 0.15) is 18.0 Å². The van der Waals surface area contributed by atoms with Crippen molar-refractivity contribution in [3.8, 4) is 5.75 Å². The zero-order valence-corrected chi connectivity index (χ0v) is 16.1. The van der Waals surface area contributed by atoms with E-state index in [2.05, 4.69) is 9.98 Å². The second kappa shape index (κ2) is 9.04. The molecule has 2 aromatic rings. The van der Waals surface area contributed by atoms with Gasteiger partial charge in [-0.15, -0.1) is 0 Å². The highest BCUT2D eigenvalue weighted by molar-refractivity contribution is 14.1. The number of ether oxygens (including phenoxy) is 2. The van der Waals surface area contributed by atoms with Crippen LogP contribution in [0.15, 0.2) is 52.4 Å². The molecule has 0 saturated carbocycles. The molecule has 26 heavy (non-hydrogen) atoms. The average molecular weight is 467 g/mol. The lowest BCUT2D eigenvalue weighted by atomic mass is 10.2. The Morgan fingerprint density at radius 2 is 1.85 bits per heavy atom. The Morgan fingerprint density at radius 1 is 1.15 bits per heavy atom. The lowest BCUT2D eigenvalue weighted by molar-refractivity contribution is 0.0600. The van der Waals surface area contributed by atoms with Crippen LogP contribution in [0.1, 0.15) is 15.9 Å². The third-order valence-corrected chi connectivity index (χ3v) is 3.98. The van der Waals surface area contributed by atoms with Crippen molar-refractivity contribution in [1.82, 2.24) is 0 Å². The number of carbonyl (C=O) groups is 1. The predicted molar refractivity (Wildman–Crippen MR) is 108 cm³/mol. The minimum absolute atomic E-state index is 0.127. The van der Waals surface area contributed by atoms with Crippen LogP contribution in [0.2, 0.25) is 0 Å². The van der Waals surface area contributed by atoms with Gasteiger partial charge in [-0.25, -0.2) is 9.79 Å². The first kappa shape index (κ1) is 19.5. The number of nitrogens with two attached hydrogens (primary N) is 3. The standard InChI is InChI=1S/C17H18IN5O3/c1-25-15(24)11-7-12(18)14(22-17(21)23-16(19)20)13(8-11)26-9-10-5-3-2-4-6-10/h2-8H,9H2,1H3,(H6,19,20,21,22,23). The SMILES string of the molecule is COC(=O)c1cc(I)c(N=C(N)N=C(N)N)c(OCc2ccccc2)c1. The van der Waals surface area contributed by atoms with Gasteiger partial charge in [0, 0.05) is 3.57 Å². The summed E-state index contributed by atoms with van der Waals surface area (Å²) >= 11 is 2.02. The highest BCUT2D eigenvalue weighted by atomic mass is 127. The summed E-state index contributed by atoms with van der Waals surface area (Å²) in [5.74, 6) is -0.465. The lowest BCUT2D eigenvalue weighted by Gasteiger charge is -2.12. The van der Waals surface area contributed by atoms with E-state index >= 15 is 0 Å². The summed E-state index contributed by atoms with van der Waals surface area (Å²) < 4.78 is 11.3. The summed E-state index contributed by atoms with van der Waals surface area (Å²) in [5, 5.41) is 0. The van der Waals surface area contributed by atoms with Gasteiger partial charge in [-0.2, -0.15) is 4.99 Å². The minimum atomic E-state index is -0.486. The maximum Gasteiger partial charge on any atom is 0.338 e. The lowest BCUT2D eigenvalue weighted by Crippen LogP contribution is -2.26. The van der Waals surface area contributed by atoms with Crippen LogP contribution < -0.4 is 21.9 Å². The first-order valence-corrected chi connectivity index (χ1v) is 8.51. The van der Waals surface area contributed by atoms with Gasteiger partial charge in [-0.1, -0.05) is 30.3 Å². The van der Waals surface area contributed by atoms with Crippen molar-refractivity contribution in [3.05, 3.63) is 57.2 Å². The van der Waals surface area contributed by atoms with E-state index in [1.54, 1.807) is 12.1 Å². The molecule has 2 aromatic carbocycles. The van der Waals surface area contributed by atoms with Gasteiger partial charge in [0.2, 0.25) is 5.96 Å². The highest BCUT2D eigenvalue weighted by Crippen LogP contribution is 2.35. The fourth-order valence-corrected chi connectivity index (χ4v) is 2.76. The predicted octanol–water partition coefficient (Wildman–Crippen LogP) is 1.88. The van der Waals surface area contributed by atoms with Crippen LogP contribution in [0.4, 0.5) is 5.69 Å². The van der Waals surface area contributed by atoms with Crippen molar-refractivity contribution in [2.24, 2.45) is 27.2 Å². The topological polar surface area (TPSA) is 138 Å². The summed E-state index contributed by atoms with van der Waals surface area (Å²) in [6.07, 6.45) is 0. The molecule has 9 heteroatoms. The zero-order chi connectivity index (χ0) is 19.1. The van der Waals surface area contributed by atoms with Crippen molar-refractivity contribution >= 4 is 46.2 Å². The fraction of sp³-hybridized carbons (Fsp3) is 0.118. The first-order chi connectivity index (χ1) is 12.4. The second-order valence-electron chi connectivity index (χ2n) is 5.08. The Labute approximate surface area is 164 Å². The van der Waals surface area contributed by atoms with Crippen molar-refractivity contribution < 1.29 is 14.3 Å². The third kappa shape index (κ3) is 5.34. The Hall–Kier alpha value is -2.82. The number of halogens is 1. The number of hydrogen-bond donors (Lipinski definition) is 3. The van der Waals surface area contributed by atoms with Crippen molar-refractivity contribution in [2.75, 3.05) is 7.11 Å². The van der Waals surface area contributed by atoms with Crippen LogP contribution in [0.5, 0.6) is 5.75 Å². The number of benzene rings is 2. The largest absolute Gasteiger partial charge is 0.487 e. The highest BCUT2D eigenvalue weighted by Gasteiger charge is 2.16. The Bertz CT molecular complexity index is 849. The fourth-order valence-electron chi connectivity index (χ4n) is 2.04. The Kier molecular flexibility index (Phi) is 6.78. The molecule has 0 fully saturated rings. The van der Waals surface area contributed by atoms with Crippen LogP contribution in [0.3, 0.4) is 0 Å². The summed E-state index contributed by atoms with van der Waals surface area (Å²) in [4.78, 5) is 19.8. The Balaban J connectivity index is 2.44. The van der Waals surface area contributed by atoms with E-state index in [0.717, 1.165) is 5.56 Å². The van der Waals surface area contributed by atoms with Crippen LogP contribution in [-0.2, 0) is 11.3 Å². The van der Waals surface area contributed by atoms with Crippen LogP contribution >= 0.6 is 22.6 Å². The molecule has 0 bridgehead atoms. The van der Waals surface area contributed by atoms with E-state index in [-0.39, 0.29) is 18.5 Å². The zero-order valence-electron chi connectivity index (χ0n) is 14.0. The molecular formula is C17H18IN5O3. The molecule has 0 heterocycles. The molecule has 0 radical (unpaired) electrons. The number of carbonyl (C=O) groups excluding carboxylic acids is 1. The van der Waals surface area contributed by atoms with Gasteiger partial charge in [0.05, 0.1) is 12.7 Å². The van der Waals surface area contributed by atoms with Gasteiger partial charge in [-0.3, -0.25) is 0 Å². The minimum Gasteiger partial charge on any atom is -0.487 e. The summed E-state index contributed by atoms with van der Waals surface area (Å²) in [5.41, 5.74) is 18.1. The number of nitrogens with zero attached hydrogens (tertiary/aromatic N) is 2. The van der Waals surface area contributed by atoms with Crippen LogP contribution in [0, 0.1) is 3.57 Å². The molecular weight excluding hydrogens is 449 g/mol. The van der Waals surface area contributed by atoms with E-state index in [1.807, 2.05) is 52.9 Å². The normalized spacial score (nSPS) is 10.9. The van der Waals surface area contributed by atoms with Crippen LogP contribution in [-0.4, -0.2) is 25.0 Å². The van der Waals surface area contributed by atoms with Gasteiger partial charge in [0.25, 0.3) is 0 Å². The number of hydrogen-bond acceptors (Lipinski definition) is 4. The molecule has 2 rings (SSSR count). The van der Waals surface area contributed by atoms with Gasteiger partial charge in [0.15, 0.2) is 5.96 Å². The van der Waals surface area contributed by atoms with E-state index in [1.165, 1.54) is 7.11 Å². The molecule has 0 saturated heterocycles. The molecule has 0 aliphatic heterocycles. The van der Waals surface area contributed by atoms with E-state index in [4.69, 9.17) is 26.7 Å². The second-order valence-corrected chi connectivity index (χ2v) is 6.24. The molecule has 0 unspecified atom stereocenters. The van der Waals surface area contributed by atoms with Gasteiger partial charge in [-0.05, 0) is 40.3 Å². The van der Waals surface area contributed by atoms with Crippen LogP contribution in [0.25, 0.3) is 0 Å². The molecule has 8 nitrogen and oxygen atoms in total.